The Balaban J connectivity index is 0. The van der Waals surface area contributed by atoms with Gasteiger partial charge in [0.05, 0.1) is 6.61 Å². The molecule has 0 saturated heterocycles. The first-order valence-electron chi connectivity index (χ1n) is 3.53. The summed E-state index contributed by atoms with van der Waals surface area (Å²) in [6, 6.07) is 0. The second kappa shape index (κ2) is 7.29. The smallest absolute Gasteiger partial charge is 0.264 e. The zero-order chi connectivity index (χ0) is 8.91. The van der Waals surface area contributed by atoms with Crippen molar-refractivity contribution < 1.29 is 46.7 Å². The van der Waals surface area contributed by atoms with Crippen LogP contribution in [0.25, 0.3) is 0 Å². The van der Waals surface area contributed by atoms with E-state index in [0.717, 1.165) is 6.42 Å². The molecule has 4 nitrogen and oxygen atoms in total. The molecule has 0 unspecified atom stereocenters. The molecular weight excluding hydrogens is 191 g/mol. The van der Waals surface area contributed by atoms with Crippen molar-refractivity contribution in [3.63, 3.8) is 0 Å². The molecule has 0 rings (SSSR count). The second-order valence-electron chi connectivity index (χ2n) is 2.79. The monoisotopic (exact) mass is 205 g/mol. The van der Waals surface area contributed by atoms with Crippen molar-refractivity contribution >= 4 is 10.4 Å². The van der Waals surface area contributed by atoms with Crippen molar-refractivity contribution in [2.45, 2.75) is 26.7 Å². The Bertz CT molecular complexity index is 188. The van der Waals surface area contributed by atoms with Crippen LogP contribution in [-0.4, -0.2) is 19.6 Å². The summed E-state index contributed by atoms with van der Waals surface area (Å²) in [6.07, 6.45) is 1.55. The minimum atomic E-state index is -4.22. The van der Waals surface area contributed by atoms with Gasteiger partial charge in [0, 0.05) is 0 Å². The number of hydrogen-bond donors (Lipinski definition) is 1. The molecule has 0 heterocycles. The summed E-state index contributed by atoms with van der Waals surface area (Å²) in [4.78, 5) is 0. The average Bonchev–Trinajstić information content (AvgIpc) is 1.78. The molecule has 6 heteroatoms. The van der Waals surface area contributed by atoms with Crippen LogP contribution in [0.4, 0.5) is 0 Å². The molecule has 0 bridgehead atoms. The van der Waals surface area contributed by atoms with Gasteiger partial charge in [-0.3, -0.25) is 4.55 Å². The van der Waals surface area contributed by atoms with Gasteiger partial charge in [-0.05, 0) is 18.8 Å². The molecule has 0 radical (unpaired) electrons. The van der Waals surface area contributed by atoms with Gasteiger partial charge in [-0.1, -0.05) is 13.8 Å². The maximum Gasteiger partial charge on any atom is 1.00 e. The van der Waals surface area contributed by atoms with Crippen LogP contribution in [0.15, 0.2) is 0 Å². The molecule has 0 aromatic rings. The number of rotatable bonds is 5. The van der Waals surface area contributed by atoms with E-state index in [2.05, 4.69) is 4.18 Å². The second-order valence-corrected chi connectivity index (χ2v) is 3.88. The fraction of sp³-hybridized carbons (Fsp3) is 1.00. The Morgan fingerprint density at radius 2 is 1.92 bits per heavy atom. The van der Waals surface area contributed by atoms with E-state index in [-0.39, 0.29) is 36.2 Å². The SMILES string of the molecule is CC(C)CCCOS(=O)(=O)O.[Na+]. The van der Waals surface area contributed by atoms with Crippen LogP contribution in [0.1, 0.15) is 26.7 Å². The van der Waals surface area contributed by atoms with Gasteiger partial charge >= 0.3 is 40.0 Å². The summed E-state index contributed by atoms with van der Waals surface area (Å²) in [5.41, 5.74) is 0. The molecular formula is C6H14NaO4S+. The Labute approximate surface area is 95.9 Å². The molecule has 12 heavy (non-hydrogen) atoms. The minimum Gasteiger partial charge on any atom is -0.264 e. The third kappa shape index (κ3) is 13.5. The molecule has 0 fully saturated rings. The van der Waals surface area contributed by atoms with E-state index in [1.165, 1.54) is 0 Å². The molecule has 0 aliphatic heterocycles. The summed E-state index contributed by atoms with van der Waals surface area (Å²) < 4.78 is 32.3. The Kier molecular flexibility index (Phi) is 9.32. The van der Waals surface area contributed by atoms with E-state index in [4.69, 9.17) is 4.55 Å². The molecule has 68 valence electrons. The largest absolute Gasteiger partial charge is 1.00 e. The van der Waals surface area contributed by atoms with Crippen molar-refractivity contribution in [3.8, 4) is 0 Å². The van der Waals surface area contributed by atoms with Gasteiger partial charge in [0.25, 0.3) is 0 Å². The van der Waals surface area contributed by atoms with E-state index in [9.17, 15) is 8.42 Å². The standard InChI is InChI=1S/C6H14O4S.Na/c1-6(2)4-3-5-10-11(7,8)9;/h6H,3-5H2,1-2H3,(H,7,8,9);/q;+1. The van der Waals surface area contributed by atoms with E-state index < -0.39 is 10.4 Å². The molecule has 1 N–H and O–H groups in total. The normalized spacial score (nSPS) is 11.3. The fourth-order valence-corrected chi connectivity index (χ4v) is 0.984. The molecule has 0 aromatic heterocycles. The van der Waals surface area contributed by atoms with Crippen LogP contribution >= 0.6 is 0 Å². The van der Waals surface area contributed by atoms with Crippen molar-refractivity contribution in [2.75, 3.05) is 6.61 Å². The van der Waals surface area contributed by atoms with E-state index in [0.29, 0.717) is 12.3 Å². The van der Waals surface area contributed by atoms with Gasteiger partial charge in [0.2, 0.25) is 0 Å². The Morgan fingerprint density at radius 3 is 2.25 bits per heavy atom. The maximum atomic E-state index is 10.0. The zero-order valence-corrected chi connectivity index (χ0v) is 10.6. The zero-order valence-electron chi connectivity index (χ0n) is 7.78. The maximum absolute atomic E-state index is 10.0. The molecule has 0 saturated carbocycles. The summed E-state index contributed by atoms with van der Waals surface area (Å²) in [5.74, 6) is 0.528. The average molecular weight is 205 g/mol. The van der Waals surface area contributed by atoms with Gasteiger partial charge in [0.1, 0.15) is 0 Å². The molecule has 0 amide bonds. The quantitative estimate of drug-likeness (QED) is 0.328. The first-order chi connectivity index (χ1) is 4.92. The summed E-state index contributed by atoms with van der Waals surface area (Å²) >= 11 is 0. The Morgan fingerprint density at radius 1 is 1.42 bits per heavy atom. The van der Waals surface area contributed by atoms with Gasteiger partial charge in [-0.15, -0.1) is 0 Å². The van der Waals surface area contributed by atoms with Gasteiger partial charge in [-0.2, -0.15) is 8.42 Å². The van der Waals surface area contributed by atoms with Crippen LogP contribution in [0, 0.1) is 5.92 Å². The van der Waals surface area contributed by atoms with Gasteiger partial charge < -0.3 is 0 Å². The third-order valence-electron chi connectivity index (χ3n) is 1.16. The van der Waals surface area contributed by atoms with Crippen LogP contribution in [0.2, 0.25) is 0 Å². The summed E-state index contributed by atoms with van der Waals surface area (Å²) in [5, 5.41) is 0. The van der Waals surface area contributed by atoms with Gasteiger partial charge in [-0.25, -0.2) is 4.18 Å². The van der Waals surface area contributed by atoms with Crippen LogP contribution in [0.3, 0.4) is 0 Å². The van der Waals surface area contributed by atoms with E-state index >= 15 is 0 Å². The van der Waals surface area contributed by atoms with E-state index in [1.807, 2.05) is 13.8 Å². The third-order valence-corrected chi connectivity index (χ3v) is 1.62. The fourth-order valence-electron chi connectivity index (χ4n) is 0.656. The molecule has 0 aromatic carbocycles. The predicted molar refractivity (Wildman–Crippen MR) is 41.6 cm³/mol. The van der Waals surface area contributed by atoms with Crippen LogP contribution < -0.4 is 29.6 Å². The Hall–Kier alpha value is 0.870. The van der Waals surface area contributed by atoms with Crippen LogP contribution in [0.5, 0.6) is 0 Å². The molecule has 0 aliphatic rings. The molecule has 0 spiro atoms. The molecule has 0 atom stereocenters. The van der Waals surface area contributed by atoms with Crippen LogP contribution in [-0.2, 0) is 14.6 Å². The molecule has 0 aliphatic carbocycles. The van der Waals surface area contributed by atoms with Crippen molar-refractivity contribution in [1.29, 1.82) is 0 Å². The number of hydrogen-bond acceptors (Lipinski definition) is 3. The first kappa shape index (κ1) is 15.3. The summed E-state index contributed by atoms with van der Waals surface area (Å²) in [7, 11) is -4.22. The van der Waals surface area contributed by atoms with Crippen molar-refractivity contribution in [2.24, 2.45) is 5.92 Å². The van der Waals surface area contributed by atoms with E-state index in [1.54, 1.807) is 0 Å². The van der Waals surface area contributed by atoms with Crippen molar-refractivity contribution in [1.82, 2.24) is 0 Å². The first-order valence-corrected chi connectivity index (χ1v) is 4.90. The predicted octanol–water partition coefficient (Wildman–Crippen LogP) is -1.75. The summed E-state index contributed by atoms with van der Waals surface area (Å²) in [6.45, 7) is 4.14. The minimum absolute atomic E-state index is 0. The van der Waals surface area contributed by atoms with Gasteiger partial charge in [0.15, 0.2) is 0 Å². The van der Waals surface area contributed by atoms with Crippen molar-refractivity contribution in [3.05, 3.63) is 0 Å². The topological polar surface area (TPSA) is 63.6 Å².